The molecule has 1 atom stereocenters. The molecule has 98 valence electrons. The van der Waals surface area contributed by atoms with Crippen LogP contribution in [0.2, 0.25) is 0 Å². The van der Waals surface area contributed by atoms with Gasteiger partial charge in [0.25, 0.3) is 0 Å². The van der Waals surface area contributed by atoms with Crippen LogP contribution >= 0.6 is 22.6 Å². The van der Waals surface area contributed by atoms with Crippen molar-refractivity contribution in [2.45, 2.75) is 43.1 Å². The van der Waals surface area contributed by atoms with Crippen LogP contribution in [0.25, 0.3) is 0 Å². The Kier molecular flexibility index (Phi) is 5.64. The van der Waals surface area contributed by atoms with Crippen LogP contribution in [0.15, 0.2) is 0 Å². The molecule has 0 aliphatic carbocycles. The number of carbonyl (C=O) groups excluding carboxylic acids is 2. The van der Waals surface area contributed by atoms with Gasteiger partial charge in [0.1, 0.15) is 0 Å². The maximum Gasteiger partial charge on any atom is 0.385 e. The molecule has 0 aromatic heterocycles. The fourth-order valence-electron chi connectivity index (χ4n) is 1.72. The van der Waals surface area contributed by atoms with E-state index in [4.69, 9.17) is 0 Å². The lowest BCUT2D eigenvalue weighted by atomic mass is 10.0. The minimum Gasteiger partial charge on any atom is -0.294 e. The largest absolute Gasteiger partial charge is 0.385 e. The maximum atomic E-state index is 11.7. The second-order valence-electron chi connectivity index (χ2n) is 4.12. The van der Waals surface area contributed by atoms with Gasteiger partial charge in [-0.25, -0.2) is 19.4 Å². The van der Waals surface area contributed by atoms with Crippen LogP contribution in [0.1, 0.15) is 39.5 Å². The molecule has 0 saturated carbocycles. The number of rotatable bonds is 4. The van der Waals surface area contributed by atoms with Gasteiger partial charge in [-0.05, 0) is 54.8 Å². The quantitative estimate of drug-likeness (QED) is 0.275. The van der Waals surface area contributed by atoms with Gasteiger partial charge in [-0.1, -0.05) is 13.8 Å². The zero-order valence-electron chi connectivity index (χ0n) is 10.1. The van der Waals surface area contributed by atoms with Crippen LogP contribution in [0.3, 0.4) is 0 Å². The molecule has 17 heavy (non-hydrogen) atoms. The first-order valence-corrected chi connectivity index (χ1v) is 6.98. The summed E-state index contributed by atoms with van der Waals surface area (Å²) in [5.74, 6) is -1.21. The van der Waals surface area contributed by atoms with Gasteiger partial charge in [0.2, 0.25) is 0 Å². The maximum absolute atomic E-state index is 11.7. The number of nitrogens with one attached hydrogen (secondary N) is 1. The van der Waals surface area contributed by atoms with Gasteiger partial charge in [-0.15, -0.1) is 0 Å². The third-order valence-electron chi connectivity index (χ3n) is 2.95. The van der Waals surface area contributed by atoms with Crippen molar-refractivity contribution in [2.75, 3.05) is 6.54 Å². The van der Waals surface area contributed by atoms with E-state index in [1.54, 1.807) is 0 Å². The van der Waals surface area contributed by atoms with E-state index in [1.807, 2.05) is 36.4 Å². The molecular weight excluding hydrogens is 337 g/mol. The van der Waals surface area contributed by atoms with Gasteiger partial charge < -0.3 is 0 Å². The van der Waals surface area contributed by atoms with Crippen molar-refractivity contribution in [3.05, 3.63) is 0 Å². The van der Waals surface area contributed by atoms with Crippen LogP contribution < -0.4 is 5.32 Å². The average Bonchev–Trinajstić information content (AvgIpc) is 2.76. The first-order valence-electron chi connectivity index (χ1n) is 5.90. The highest BCUT2D eigenvalue weighted by atomic mass is 127. The second kappa shape index (κ2) is 6.53. The molecule has 0 aromatic rings. The lowest BCUT2D eigenvalue weighted by Gasteiger charge is -2.18. The summed E-state index contributed by atoms with van der Waals surface area (Å²) in [6.45, 7) is 4.57. The summed E-state index contributed by atoms with van der Waals surface area (Å²) in [5.41, 5.74) is 0. The van der Waals surface area contributed by atoms with Crippen molar-refractivity contribution >= 4 is 34.5 Å². The topological polar surface area (TPSA) is 64.6 Å². The fraction of sp³-hybridized carbons (Fsp3) is 0.818. The highest BCUT2D eigenvalue weighted by Gasteiger charge is 2.41. The molecule has 0 bridgehead atoms. The molecule has 6 heteroatoms. The second-order valence-corrected chi connectivity index (χ2v) is 5.96. The lowest BCUT2D eigenvalue weighted by Crippen LogP contribution is -2.43. The van der Waals surface area contributed by atoms with Crippen molar-refractivity contribution < 1.29 is 19.4 Å². The molecule has 0 amide bonds. The van der Waals surface area contributed by atoms with Crippen molar-refractivity contribution in [1.29, 1.82) is 0 Å². The Bertz CT molecular complexity index is 285. The monoisotopic (exact) mass is 355 g/mol. The third-order valence-corrected chi connectivity index (χ3v) is 4.31. The molecule has 1 N–H and O–H groups in total. The van der Waals surface area contributed by atoms with Crippen LogP contribution in [-0.4, -0.2) is 22.0 Å². The Morgan fingerprint density at radius 3 is 2.47 bits per heavy atom. The van der Waals surface area contributed by atoms with Crippen LogP contribution in [-0.2, 0) is 19.4 Å². The van der Waals surface area contributed by atoms with E-state index >= 15 is 0 Å². The number of hydrogen-bond acceptors (Lipinski definition) is 5. The van der Waals surface area contributed by atoms with Crippen molar-refractivity contribution in [3.63, 3.8) is 0 Å². The Morgan fingerprint density at radius 1 is 1.35 bits per heavy atom. The van der Waals surface area contributed by atoms with Crippen LogP contribution in [0.5, 0.6) is 0 Å². The molecular formula is C11H18INO4. The summed E-state index contributed by atoms with van der Waals surface area (Å²) in [4.78, 5) is 32.4. The predicted octanol–water partition coefficient (Wildman–Crippen LogP) is 1.94. The molecule has 0 spiro atoms. The number of alkyl halides is 1. The van der Waals surface area contributed by atoms with E-state index in [1.165, 1.54) is 0 Å². The average molecular weight is 355 g/mol. The highest BCUT2D eigenvalue weighted by Crippen LogP contribution is 2.28. The van der Waals surface area contributed by atoms with Crippen LogP contribution in [0, 0.1) is 5.92 Å². The molecule has 0 radical (unpaired) electrons. The molecule has 1 unspecified atom stereocenters. The molecule has 1 aliphatic heterocycles. The zero-order valence-corrected chi connectivity index (χ0v) is 12.3. The van der Waals surface area contributed by atoms with Crippen LogP contribution in [0.4, 0.5) is 0 Å². The van der Waals surface area contributed by atoms with E-state index in [0.29, 0.717) is 19.3 Å². The van der Waals surface area contributed by atoms with E-state index < -0.39 is 15.5 Å². The summed E-state index contributed by atoms with van der Waals surface area (Å²) in [7, 11) is 0. The molecule has 1 rings (SSSR count). The lowest BCUT2D eigenvalue weighted by molar-refractivity contribution is -0.264. The molecule has 1 heterocycles. The third kappa shape index (κ3) is 3.80. The molecule has 1 aliphatic rings. The van der Waals surface area contributed by atoms with Gasteiger partial charge in [0.05, 0.1) is 5.92 Å². The molecule has 1 fully saturated rings. The van der Waals surface area contributed by atoms with E-state index in [0.717, 1.165) is 13.0 Å². The van der Waals surface area contributed by atoms with E-state index in [2.05, 4.69) is 15.1 Å². The SMILES string of the molecule is CCC(CC)C(=O)OOC(=O)C1(I)CCCN1. The summed E-state index contributed by atoms with van der Waals surface area (Å²) >= 11 is 2.00. The summed E-state index contributed by atoms with van der Waals surface area (Å²) in [5, 5.41) is 3.03. The fourth-order valence-corrected chi connectivity index (χ4v) is 2.46. The van der Waals surface area contributed by atoms with Crippen molar-refractivity contribution in [3.8, 4) is 0 Å². The van der Waals surface area contributed by atoms with Gasteiger partial charge in [-0.2, -0.15) is 0 Å². The Labute approximate surface area is 115 Å². The van der Waals surface area contributed by atoms with Crippen molar-refractivity contribution in [2.24, 2.45) is 5.92 Å². The Balaban J connectivity index is 2.40. The zero-order chi connectivity index (χ0) is 12.9. The Hall–Kier alpha value is -0.370. The van der Waals surface area contributed by atoms with E-state index in [-0.39, 0.29) is 5.92 Å². The summed E-state index contributed by atoms with van der Waals surface area (Å²) < 4.78 is -0.744. The standard InChI is InChI=1S/C11H18INO4/c1-3-8(4-2)9(14)16-17-10(15)11(12)6-5-7-13-11/h8,13H,3-7H2,1-2H3. The summed E-state index contributed by atoms with van der Waals surface area (Å²) in [6.07, 6.45) is 2.97. The van der Waals surface area contributed by atoms with Gasteiger partial charge >= 0.3 is 11.9 Å². The summed E-state index contributed by atoms with van der Waals surface area (Å²) in [6, 6.07) is 0. The van der Waals surface area contributed by atoms with Gasteiger partial charge in [0.15, 0.2) is 3.55 Å². The normalized spacial score (nSPS) is 23.8. The smallest absolute Gasteiger partial charge is 0.294 e. The molecule has 0 aromatic carbocycles. The van der Waals surface area contributed by atoms with E-state index in [9.17, 15) is 9.59 Å². The minimum absolute atomic E-state index is 0.204. The van der Waals surface area contributed by atoms with Gasteiger partial charge in [0, 0.05) is 0 Å². The minimum atomic E-state index is -0.744. The number of carbonyl (C=O) groups is 2. The van der Waals surface area contributed by atoms with Gasteiger partial charge in [-0.3, -0.25) is 5.32 Å². The number of halogens is 1. The molecule has 1 saturated heterocycles. The Morgan fingerprint density at radius 2 is 2.00 bits per heavy atom. The van der Waals surface area contributed by atoms with Crippen molar-refractivity contribution in [1.82, 2.24) is 5.32 Å². The highest BCUT2D eigenvalue weighted by molar-refractivity contribution is 14.1. The first-order chi connectivity index (χ1) is 8.03. The predicted molar refractivity (Wildman–Crippen MR) is 70.2 cm³/mol. The first kappa shape index (κ1) is 14.7. The molecule has 5 nitrogen and oxygen atoms in total. The number of hydrogen-bond donors (Lipinski definition) is 1.